The van der Waals surface area contributed by atoms with Crippen molar-refractivity contribution in [3.63, 3.8) is 0 Å². The number of para-hydroxylation sites is 1. The summed E-state index contributed by atoms with van der Waals surface area (Å²) in [6.07, 6.45) is 0.856. The number of hydrogen-bond donors (Lipinski definition) is 2. The first-order chi connectivity index (χ1) is 6.68. The van der Waals surface area contributed by atoms with Gasteiger partial charge in [-0.15, -0.1) is 0 Å². The lowest BCUT2D eigenvalue weighted by Gasteiger charge is -2.05. The van der Waals surface area contributed by atoms with E-state index in [4.69, 9.17) is 5.73 Å². The van der Waals surface area contributed by atoms with Crippen molar-refractivity contribution in [1.82, 2.24) is 10.2 Å². The van der Waals surface area contributed by atoms with Crippen LogP contribution in [0.5, 0.6) is 0 Å². The van der Waals surface area contributed by atoms with Crippen LogP contribution >= 0.6 is 15.9 Å². The van der Waals surface area contributed by atoms with E-state index in [1.165, 1.54) is 5.56 Å². The molecule has 1 aromatic heterocycles. The van der Waals surface area contributed by atoms with E-state index in [2.05, 4.69) is 32.2 Å². The molecule has 0 spiro atoms. The van der Waals surface area contributed by atoms with Crippen molar-refractivity contribution < 1.29 is 0 Å². The zero-order valence-corrected chi connectivity index (χ0v) is 9.51. The van der Waals surface area contributed by atoms with E-state index in [9.17, 15) is 0 Å². The molecule has 0 radical (unpaired) electrons. The number of halogens is 1. The van der Waals surface area contributed by atoms with Gasteiger partial charge in [-0.05, 0) is 34.8 Å². The van der Waals surface area contributed by atoms with Crippen LogP contribution in [0, 0.1) is 0 Å². The summed E-state index contributed by atoms with van der Waals surface area (Å²) < 4.78 is 0.930. The molecule has 1 atom stereocenters. The second-order valence-corrected chi connectivity index (χ2v) is 4.33. The van der Waals surface area contributed by atoms with Gasteiger partial charge in [0.25, 0.3) is 0 Å². The summed E-state index contributed by atoms with van der Waals surface area (Å²) in [4.78, 5) is 0. The minimum Gasteiger partial charge on any atom is -0.328 e. The van der Waals surface area contributed by atoms with E-state index >= 15 is 0 Å². The number of benzene rings is 1. The van der Waals surface area contributed by atoms with Crippen molar-refractivity contribution >= 4 is 26.8 Å². The molecule has 0 aliphatic rings. The first-order valence-electron chi connectivity index (χ1n) is 4.55. The van der Waals surface area contributed by atoms with Crippen LogP contribution in [0.2, 0.25) is 0 Å². The van der Waals surface area contributed by atoms with E-state index in [1.807, 2.05) is 19.1 Å². The summed E-state index contributed by atoms with van der Waals surface area (Å²) in [7, 11) is 0. The molecule has 1 heterocycles. The molecule has 2 aromatic rings. The average Bonchev–Trinajstić information content (AvgIpc) is 2.49. The standard InChI is InChI=1S/C10H12BrN3/c1-6(12)5-7-3-2-4-8-9(7)13-14-10(8)11/h2-4,6H,5,12H2,1H3,(H,13,14). The molecule has 3 N–H and O–H groups in total. The number of aromatic amines is 1. The molecule has 0 amide bonds. The van der Waals surface area contributed by atoms with Gasteiger partial charge in [0.2, 0.25) is 0 Å². The van der Waals surface area contributed by atoms with Gasteiger partial charge in [0.1, 0.15) is 4.60 Å². The lowest BCUT2D eigenvalue weighted by atomic mass is 10.1. The van der Waals surface area contributed by atoms with Gasteiger partial charge in [-0.3, -0.25) is 5.10 Å². The van der Waals surface area contributed by atoms with Gasteiger partial charge in [-0.1, -0.05) is 18.2 Å². The number of nitrogens with two attached hydrogens (primary N) is 1. The average molecular weight is 254 g/mol. The fourth-order valence-corrected chi connectivity index (χ4v) is 1.99. The SMILES string of the molecule is CC(N)Cc1cccc2c(Br)[nH]nc12. The van der Waals surface area contributed by atoms with E-state index in [-0.39, 0.29) is 6.04 Å². The summed E-state index contributed by atoms with van der Waals surface area (Å²) in [6, 6.07) is 6.29. The van der Waals surface area contributed by atoms with E-state index < -0.39 is 0 Å². The van der Waals surface area contributed by atoms with E-state index in [0.717, 1.165) is 21.9 Å². The number of nitrogens with one attached hydrogen (secondary N) is 1. The van der Waals surface area contributed by atoms with E-state index in [0.29, 0.717) is 0 Å². The van der Waals surface area contributed by atoms with Crippen molar-refractivity contribution in [2.45, 2.75) is 19.4 Å². The summed E-state index contributed by atoms with van der Waals surface area (Å²) in [5, 5.41) is 8.27. The smallest absolute Gasteiger partial charge is 0.108 e. The minimum absolute atomic E-state index is 0.163. The maximum atomic E-state index is 5.77. The predicted octanol–water partition coefficient (Wildman–Crippen LogP) is 2.22. The van der Waals surface area contributed by atoms with E-state index in [1.54, 1.807) is 0 Å². The Morgan fingerprint density at radius 1 is 1.57 bits per heavy atom. The fraction of sp³-hybridized carbons (Fsp3) is 0.300. The van der Waals surface area contributed by atoms with Gasteiger partial charge < -0.3 is 5.73 Å². The molecule has 2 rings (SSSR count). The molecule has 4 heteroatoms. The molecule has 3 nitrogen and oxygen atoms in total. The number of rotatable bonds is 2. The van der Waals surface area contributed by atoms with Crippen LogP contribution in [0.4, 0.5) is 0 Å². The molecule has 1 aromatic carbocycles. The van der Waals surface area contributed by atoms with Gasteiger partial charge in [-0.25, -0.2) is 0 Å². The Morgan fingerprint density at radius 2 is 2.36 bits per heavy atom. The number of aromatic nitrogens is 2. The first kappa shape index (κ1) is 9.68. The number of hydrogen-bond acceptors (Lipinski definition) is 2. The summed E-state index contributed by atoms with van der Waals surface area (Å²) in [6.45, 7) is 2.00. The van der Waals surface area contributed by atoms with Crippen molar-refractivity contribution in [3.8, 4) is 0 Å². The highest BCUT2D eigenvalue weighted by molar-refractivity contribution is 9.10. The third kappa shape index (κ3) is 1.67. The van der Waals surface area contributed by atoms with Gasteiger partial charge in [0, 0.05) is 11.4 Å². The fourth-order valence-electron chi connectivity index (χ4n) is 1.58. The Labute approximate surface area is 90.8 Å². The highest BCUT2D eigenvalue weighted by Crippen LogP contribution is 2.23. The Hall–Kier alpha value is -0.870. The number of nitrogens with zero attached hydrogens (tertiary/aromatic N) is 1. The maximum Gasteiger partial charge on any atom is 0.108 e. The summed E-state index contributed by atoms with van der Waals surface area (Å²) in [5.41, 5.74) is 7.98. The largest absolute Gasteiger partial charge is 0.328 e. The van der Waals surface area contributed by atoms with Crippen molar-refractivity contribution in [2.24, 2.45) is 5.73 Å². The van der Waals surface area contributed by atoms with Crippen LogP contribution in [0.15, 0.2) is 22.8 Å². The molecular weight excluding hydrogens is 242 g/mol. The van der Waals surface area contributed by atoms with Crippen LogP contribution in [0.3, 0.4) is 0 Å². The van der Waals surface area contributed by atoms with Gasteiger partial charge in [-0.2, -0.15) is 5.10 Å². The van der Waals surface area contributed by atoms with Crippen LogP contribution in [-0.2, 0) is 6.42 Å². The lowest BCUT2D eigenvalue weighted by molar-refractivity contribution is 0.740. The van der Waals surface area contributed by atoms with Crippen LogP contribution in [-0.4, -0.2) is 16.2 Å². The Morgan fingerprint density at radius 3 is 3.07 bits per heavy atom. The van der Waals surface area contributed by atoms with Crippen LogP contribution in [0.1, 0.15) is 12.5 Å². The van der Waals surface area contributed by atoms with Gasteiger partial charge in [0.05, 0.1) is 5.52 Å². The highest BCUT2D eigenvalue weighted by atomic mass is 79.9. The van der Waals surface area contributed by atoms with Crippen LogP contribution < -0.4 is 5.73 Å². The first-order valence-corrected chi connectivity index (χ1v) is 5.35. The molecule has 1 unspecified atom stereocenters. The topological polar surface area (TPSA) is 54.7 Å². The third-order valence-corrected chi connectivity index (χ3v) is 2.77. The number of fused-ring (bicyclic) bond motifs is 1. The molecule has 0 aliphatic heterocycles. The second kappa shape index (κ2) is 3.71. The predicted molar refractivity (Wildman–Crippen MR) is 61.1 cm³/mol. The van der Waals surface area contributed by atoms with Gasteiger partial charge >= 0.3 is 0 Å². The monoisotopic (exact) mass is 253 g/mol. The molecule has 14 heavy (non-hydrogen) atoms. The Kier molecular flexibility index (Phi) is 2.56. The van der Waals surface area contributed by atoms with Crippen LogP contribution in [0.25, 0.3) is 10.9 Å². The van der Waals surface area contributed by atoms with Gasteiger partial charge in [0.15, 0.2) is 0 Å². The summed E-state index contributed by atoms with van der Waals surface area (Å²) >= 11 is 3.42. The normalized spacial score (nSPS) is 13.4. The zero-order chi connectivity index (χ0) is 10.1. The Bertz CT molecular complexity index is 448. The summed E-state index contributed by atoms with van der Waals surface area (Å²) in [5.74, 6) is 0. The maximum absolute atomic E-state index is 5.77. The van der Waals surface area contributed by atoms with Crippen molar-refractivity contribution in [3.05, 3.63) is 28.4 Å². The lowest BCUT2D eigenvalue weighted by Crippen LogP contribution is -2.17. The molecule has 0 bridgehead atoms. The Balaban J connectivity index is 2.54. The third-order valence-electron chi connectivity index (χ3n) is 2.16. The molecule has 0 aliphatic carbocycles. The second-order valence-electron chi connectivity index (χ2n) is 3.53. The molecule has 0 saturated carbocycles. The molecule has 0 fully saturated rings. The van der Waals surface area contributed by atoms with Crippen molar-refractivity contribution in [1.29, 1.82) is 0 Å². The molecule has 0 saturated heterocycles. The number of H-pyrrole nitrogens is 1. The highest BCUT2D eigenvalue weighted by Gasteiger charge is 2.08. The zero-order valence-electron chi connectivity index (χ0n) is 7.92. The van der Waals surface area contributed by atoms with Crippen molar-refractivity contribution in [2.75, 3.05) is 0 Å². The molecular formula is C10H12BrN3. The quantitative estimate of drug-likeness (QED) is 0.863. The minimum atomic E-state index is 0.163. The molecule has 74 valence electrons.